The predicted octanol–water partition coefficient (Wildman–Crippen LogP) is 4.56. The van der Waals surface area contributed by atoms with E-state index in [1.165, 1.54) is 22.0 Å². The predicted molar refractivity (Wildman–Crippen MR) is 102 cm³/mol. The second kappa shape index (κ2) is 7.89. The van der Waals surface area contributed by atoms with Crippen molar-refractivity contribution in [3.63, 3.8) is 0 Å². The van der Waals surface area contributed by atoms with Crippen molar-refractivity contribution in [1.29, 1.82) is 0 Å². The third kappa shape index (κ3) is 3.85. The average molecular weight is 391 g/mol. The first-order valence-electron chi connectivity index (χ1n) is 8.19. The van der Waals surface area contributed by atoms with Gasteiger partial charge in [0.05, 0.1) is 0 Å². The van der Waals surface area contributed by atoms with Crippen LogP contribution >= 0.6 is 11.8 Å². The van der Waals surface area contributed by atoms with Gasteiger partial charge in [-0.1, -0.05) is 0 Å². The van der Waals surface area contributed by atoms with E-state index in [1.54, 1.807) is 0 Å². The fourth-order valence-electron chi connectivity index (χ4n) is 3.13. The molecule has 1 unspecified atom stereocenters. The zero-order valence-electron chi connectivity index (χ0n) is 13.8. The molecule has 2 atom stereocenters. The summed E-state index contributed by atoms with van der Waals surface area (Å²) in [5, 5.41) is 1.69. The molecule has 3 rings (SSSR count). The molecule has 0 N–H and O–H groups in total. The maximum absolute atomic E-state index is 6.29. The van der Waals surface area contributed by atoms with Gasteiger partial charge in [0.1, 0.15) is 0 Å². The summed E-state index contributed by atoms with van der Waals surface area (Å²) in [4.78, 5) is 0. The van der Waals surface area contributed by atoms with Crippen molar-refractivity contribution < 1.29 is 4.74 Å². The molecule has 0 aromatic heterocycles. The molecule has 0 radical (unpaired) electrons. The third-order valence-corrected chi connectivity index (χ3v) is 8.25. The Morgan fingerprint density at radius 2 is 1.87 bits per heavy atom. The van der Waals surface area contributed by atoms with Gasteiger partial charge in [0.25, 0.3) is 0 Å². The molecular weight excluding hydrogens is 367 g/mol. The molecule has 0 spiro atoms. The molecule has 1 aliphatic rings. The Morgan fingerprint density at radius 1 is 1.13 bits per heavy atom. The van der Waals surface area contributed by atoms with Crippen molar-refractivity contribution in [3.8, 4) is 0 Å². The molecule has 1 fully saturated rings. The van der Waals surface area contributed by atoms with E-state index in [9.17, 15) is 0 Å². The number of hydrogen-bond acceptors (Lipinski definition) is 2. The number of rotatable bonds is 6. The van der Waals surface area contributed by atoms with Gasteiger partial charge < -0.3 is 0 Å². The van der Waals surface area contributed by atoms with Crippen LogP contribution in [0.25, 0.3) is 0 Å². The number of hydrogen-bond donors (Lipinski definition) is 0. The first kappa shape index (κ1) is 17.1. The van der Waals surface area contributed by atoms with E-state index in [0.29, 0.717) is 20.2 Å². The summed E-state index contributed by atoms with van der Waals surface area (Å²) < 4.78 is 7.82. The second-order valence-electron chi connectivity index (χ2n) is 6.02. The summed E-state index contributed by atoms with van der Waals surface area (Å²) >= 11 is 2.36. The van der Waals surface area contributed by atoms with Gasteiger partial charge in [-0.25, -0.2) is 0 Å². The standard InChI is InChI=1S/C20H24OSSe/c1-16(22-2)18-11-6-7-12-19(18)23-15-20(13-8-14-21-20)17-9-4-3-5-10-17/h3-7,9-12,16H,8,13-15H2,1-2H3/t16-,20?/m0/s1. The van der Waals surface area contributed by atoms with Gasteiger partial charge in [-0.2, -0.15) is 0 Å². The van der Waals surface area contributed by atoms with Crippen molar-refractivity contribution >= 4 is 31.2 Å². The molecule has 2 aromatic rings. The van der Waals surface area contributed by atoms with E-state index in [1.807, 2.05) is 11.8 Å². The summed E-state index contributed by atoms with van der Waals surface area (Å²) in [5.41, 5.74) is 2.80. The van der Waals surface area contributed by atoms with Crippen LogP contribution in [0, 0.1) is 0 Å². The van der Waals surface area contributed by atoms with Gasteiger partial charge in [-0.05, 0) is 0 Å². The Balaban J connectivity index is 1.81. The van der Waals surface area contributed by atoms with Crippen LogP contribution in [0.15, 0.2) is 54.6 Å². The van der Waals surface area contributed by atoms with Crippen molar-refractivity contribution in [1.82, 2.24) is 0 Å². The van der Waals surface area contributed by atoms with E-state index >= 15 is 0 Å². The molecular formula is C20H24OSSe. The fourth-order valence-corrected chi connectivity index (χ4v) is 6.63. The Bertz CT molecular complexity index is 623. The Labute approximate surface area is 150 Å². The van der Waals surface area contributed by atoms with Gasteiger partial charge >= 0.3 is 150 Å². The van der Waals surface area contributed by atoms with Crippen molar-refractivity contribution in [3.05, 3.63) is 65.7 Å². The zero-order valence-corrected chi connectivity index (χ0v) is 16.4. The Morgan fingerprint density at radius 3 is 2.57 bits per heavy atom. The number of ether oxygens (including phenoxy) is 1. The minimum absolute atomic E-state index is 0.0586. The van der Waals surface area contributed by atoms with Gasteiger partial charge in [-0.3, -0.25) is 0 Å². The summed E-state index contributed by atoms with van der Waals surface area (Å²) in [5.74, 6) is 0. The number of thioether (sulfide) groups is 1. The molecule has 1 saturated heterocycles. The topological polar surface area (TPSA) is 9.23 Å². The fraction of sp³-hybridized carbons (Fsp3) is 0.400. The van der Waals surface area contributed by atoms with Gasteiger partial charge in [0.2, 0.25) is 0 Å². The van der Waals surface area contributed by atoms with Gasteiger partial charge in [-0.15, -0.1) is 0 Å². The van der Waals surface area contributed by atoms with E-state index in [4.69, 9.17) is 4.74 Å². The third-order valence-electron chi connectivity index (χ3n) is 4.57. The molecule has 0 saturated carbocycles. The van der Waals surface area contributed by atoms with Crippen LogP contribution in [0.1, 0.15) is 36.1 Å². The Kier molecular flexibility index (Phi) is 5.87. The first-order valence-corrected chi connectivity index (χ1v) is 11.5. The molecule has 1 nitrogen and oxygen atoms in total. The second-order valence-corrected chi connectivity index (χ2v) is 9.33. The molecule has 2 aromatic carbocycles. The summed E-state index contributed by atoms with van der Waals surface area (Å²) in [6.45, 7) is 3.20. The molecule has 0 bridgehead atoms. The molecule has 0 aliphatic carbocycles. The van der Waals surface area contributed by atoms with Crippen LogP contribution < -0.4 is 4.46 Å². The minimum atomic E-state index is -0.0586. The van der Waals surface area contributed by atoms with Crippen LogP contribution in [0.5, 0.6) is 0 Å². The zero-order chi connectivity index (χ0) is 16.1. The van der Waals surface area contributed by atoms with Crippen LogP contribution in [-0.4, -0.2) is 27.8 Å². The van der Waals surface area contributed by atoms with Crippen molar-refractivity contribution in [2.24, 2.45) is 0 Å². The average Bonchev–Trinajstić information content (AvgIpc) is 3.10. The maximum atomic E-state index is 6.29. The molecule has 1 heterocycles. The normalized spacial score (nSPS) is 22.2. The summed E-state index contributed by atoms with van der Waals surface area (Å²) in [6.07, 6.45) is 4.52. The van der Waals surface area contributed by atoms with Gasteiger partial charge in [0.15, 0.2) is 0 Å². The molecule has 23 heavy (non-hydrogen) atoms. The monoisotopic (exact) mass is 392 g/mol. The van der Waals surface area contributed by atoms with E-state index in [-0.39, 0.29) is 5.60 Å². The number of benzene rings is 2. The van der Waals surface area contributed by atoms with Gasteiger partial charge in [0, 0.05) is 0 Å². The van der Waals surface area contributed by atoms with Crippen molar-refractivity contribution in [2.75, 3.05) is 12.9 Å². The molecule has 1 aliphatic heterocycles. The first-order chi connectivity index (χ1) is 11.2. The molecule has 3 heteroatoms. The van der Waals surface area contributed by atoms with Crippen LogP contribution in [0.2, 0.25) is 5.32 Å². The SMILES string of the molecule is CS[C@@H](C)c1ccccc1[Se]CC1(c2ccccc2)CCCO1. The van der Waals surface area contributed by atoms with Crippen LogP contribution in [0.3, 0.4) is 0 Å². The summed E-state index contributed by atoms with van der Waals surface area (Å²) in [6, 6.07) is 19.8. The molecule has 122 valence electrons. The van der Waals surface area contributed by atoms with E-state index < -0.39 is 0 Å². The Hall–Kier alpha value is -0.731. The van der Waals surface area contributed by atoms with E-state index in [0.717, 1.165) is 18.3 Å². The van der Waals surface area contributed by atoms with Crippen molar-refractivity contribution in [2.45, 2.75) is 35.9 Å². The van der Waals surface area contributed by atoms with Crippen LogP contribution in [-0.2, 0) is 10.3 Å². The summed E-state index contributed by atoms with van der Waals surface area (Å²) in [7, 11) is 0. The van der Waals surface area contributed by atoms with Crippen LogP contribution in [0.4, 0.5) is 0 Å². The quantitative estimate of drug-likeness (QED) is 0.668. The molecule has 0 amide bonds. The van der Waals surface area contributed by atoms with E-state index in [2.05, 4.69) is 67.8 Å².